The van der Waals surface area contributed by atoms with E-state index in [-0.39, 0.29) is 0 Å². The van der Waals surface area contributed by atoms with E-state index >= 15 is 0 Å². The molecule has 2 N–H and O–H groups in total. The summed E-state index contributed by atoms with van der Waals surface area (Å²) < 4.78 is 0. The first-order valence-corrected chi connectivity index (χ1v) is 7.83. The van der Waals surface area contributed by atoms with Gasteiger partial charge in [-0.1, -0.05) is 13.3 Å². The van der Waals surface area contributed by atoms with Crippen LogP contribution < -0.4 is 10.6 Å². The Labute approximate surface area is 122 Å². The monoisotopic (exact) mass is 277 g/mol. The van der Waals surface area contributed by atoms with Crippen molar-refractivity contribution in [3.63, 3.8) is 0 Å². The topological polar surface area (TPSA) is 53.1 Å². The molecule has 1 aromatic heterocycles. The second kappa shape index (κ2) is 8.04. The SMILES string of the molecule is CCCNc1cc(NCC(C)N2CCCCC2)ncn1. The lowest BCUT2D eigenvalue weighted by Crippen LogP contribution is -2.41. The van der Waals surface area contributed by atoms with Gasteiger partial charge >= 0.3 is 0 Å². The van der Waals surface area contributed by atoms with E-state index in [1.165, 1.54) is 32.4 Å². The van der Waals surface area contributed by atoms with E-state index in [4.69, 9.17) is 0 Å². The molecule has 1 aromatic rings. The Kier molecular flexibility index (Phi) is 6.05. The van der Waals surface area contributed by atoms with Gasteiger partial charge in [0.1, 0.15) is 18.0 Å². The predicted molar refractivity (Wildman–Crippen MR) is 84.2 cm³/mol. The summed E-state index contributed by atoms with van der Waals surface area (Å²) in [5, 5.41) is 6.71. The number of hydrogen-bond acceptors (Lipinski definition) is 5. The van der Waals surface area contributed by atoms with Crippen LogP contribution in [-0.4, -0.2) is 47.1 Å². The van der Waals surface area contributed by atoms with Crippen molar-refractivity contribution >= 4 is 11.6 Å². The summed E-state index contributed by atoms with van der Waals surface area (Å²) in [5.41, 5.74) is 0. The highest BCUT2D eigenvalue weighted by Gasteiger charge is 2.16. The third kappa shape index (κ3) is 4.63. The highest BCUT2D eigenvalue weighted by Crippen LogP contribution is 2.13. The zero-order valence-corrected chi connectivity index (χ0v) is 12.7. The highest BCUT2D eigenvalue weighted by atomic mass is 15.2. The van der Waals surface area contributed by atoms with Crippen LogP contribution in [0.2, 0.25) is 0 Å². The molecule has 1 fully saturated rings. The largest absolute Gasteiger partial charge is 0.370 e. The zero-order valence-electron chi connectivity index (χ0n) is 12.7. The van der Waals surface area contributed by atoms with Crippen molar-refractivity contribution in [2.24, 2.45) is 0 Å². The minimum Gasteiger partial charge on any atom is -0.370 e. The lowest BCUT2D eigenvalue weighted by atomic mass is 10.1. The third-order valence-electron chi connectivity index (χ3n) is 3.82. The minimum atomic E-state index is 0.553. The average molecular weight is 277 g/mol. The van der Waals surface area contributed by atoms with Gasteiger partial charge in [0.15, 0.2) is 0 Å². The van der Waals surface area contributed by atoms with Crippen LogP contribution in [0.1, 0.15) is 39.5 Å². The maximum absolute atomic E-state index is 4.28. The molecule has 112 valence electrons. The number of nitrogens with zero attached hydrogens (tertiary/aromatic N) is 3. The molecule has 1 atom stereocenters. The Morgan fingerprint density at radius 3 is 2.55 bits per heavy atom. The lowest BCUT2D eigenvalue weighted by Gasteiger charge is -2.32. The molecule has 0 spiro atoms. The van der Waals surface area contributed by atoms with E-state index in [1.807, 2.05) is 6.07 Å². The third-order valence-corrected chi connectivity index (χ3v) is 3.82. The molecular weight excluding hydrogens is 250 g/mol. The van der Waals surface area contributed by atoms with Crippen LogP contribution in [0.15, 0.2) is 12.4 Å². The predicted octanol–water partition coefficient (Wildman–Crippen LogP) is 2.58. The number of nitrogens with one attached hydrogen (secondary N) is 2. The average Bonchev–Trinajstić information content (AvgIpc) is 2.52. The number of piperidine rings is 1. The molecule has 2 rings (SSSR count). The van der Waals surface area contributed by atoms with Gasteiger partial charge < -0.3 is 10.6 Å². The van der Waals surface area contributed by atoms with Crippen LogP contribution in [-0.2, 0) is 0 Å². The lowest BCUT2D eigenvalue weighted by molar-refractivity contribution is 0.180. The number of likely N-dealkylation sites (tertiary alicyclic amines) is 1. The fourth-order valence-corrected chi connectivity index (χ4v) is 2.54. The summed E-state index contributed by atoms with van der Waals surface area (Å²) in [6.45, 7) is 8.78. The molecule has 0 aromatic carbocycles. The molecule has 20 heavy (non-hydrogen) atoms. The van der Waals surface area contributed by atoms with Crippen molar-refractivity contribution in [3.05, 3.63) is 12.4 Å². The van der Waals surface area contributed by atoms with Crippen LogP contribution in [0.5, 0.6) is 0 Å². The fraction of sp³-hybridized carbons (Fsp3) is 0.733. The molecule has 5 nitrogen and oxygen atoms in total. The highest BCUT2D eigenvalue weighted by molar-refractivity contribution is 5.46. The molecule has 0 radical (unpaired) electrons. The molecule has 2 heterocycles. The van der Waals surface area contributed by atoms with Gasteiger partial charge in [-0.15, -0.1) is 0 Å². The van der Waals surface area contributed by atoms with E-state index in [1.54, 1.807) is 6.33 Å². The molecule has 1 aliphatic heterocycles. The second-order valence-electron chi connectivity index (χ2n) is 5.54. The molecule has 1 saturated heterocycles. The summed E-state index contributed by atoms with van der Waals surface area (Å²) >= 11 is 0. The van der Waals surface area contributed by atoms with Gasteiger partial charge in [-0.3, -0.25) is 4.90 Å². The van der Waals surface area contributed by atoms with Gasteiger partial charge in [0.25, 0.3) is 0 Å². The fourth-order valence-electron chi connectivity index (χ4n) is 2.54. The summed E-state index contributed by atoms with van der Waals surface area (Å²) in [4.78, 5) is 11.1. The van der Waals surface area contributed by atoms with Gasteiger partial charge in [-0.2, -0.15) is 0 Å². The number of aromatic nitrogens is 2. The van der Waals surface area contributed by atoms with Crippen molar-refractivity contribution in [2.45, 2.75) is 45.6 Å². The van der Waals surface area contributed by atoms with Crippen molar-refractivity contribution in [1.29, 1.82) is 0 Å². The molecule has 1 unspecified atom stereocenters. The van der Waals surface area contributed by atoms with Crippen LogP contribution >= 0.6 is 0 Å². The standard InChI is InChI=1S/C15H27N5/c1-3-7-16-14-10-15(19-12-18-14)17-11-13(2)20-8-5-4-6-9-20/h10,12-13H,3-9,11H2,1-2H3,(H2,16,17,18,19). The molecule has 0 saturated carbocycles. The van der Waals surface area contributed by atoms with Crippen LogP contribution in [0.4, 0.5) is 11.6 Å². The van der Waals surface area contributed by atoms with Crippen molar-refractivity contribution in [3.8, 4) is 0 Å². The van der Waals surface area contributed by atoms with E-state index in [9.17, 15) is 0 Å². The molecular formula is C15H27N5. The summed E-state index contributed by atoms with van der Waals surface area (Å²) in [6.07, 6.45) is 6.77. The molecule has 0 aliphatic carbocycles. The smallest absolute Gasteiger partial charge is 0.131 e. The maximum atomic E-state index is 4.28. The van der Waals surface area contributed by atoms with Crippen molar-refractivity contribution < 1.29 is 0 Å². The maximum Gasteiger partial charge on any atom is 0.131 e. The van der Waals surface area contributed by atoms with E-state index in [2.05, 4.69) is 39.3 Å². The van der Waals surface area contributed by atoms with E-state index in [0.29, 0.717) is 6.04 Å². The summed E-state index contributed by atoms with van der Waals surface area (Å²) in [7, 11) is 0. The van der Waals surface area contributed by atoms with Gasteiger partial charge in [-0.05, 0) is 39.3 Å². The Bertz CT molecular complexity index is 390. The van der Waals surface area contributed by atoms with Crippen molar-refractivity contribution in [1.82, 2.24) is 14.9 Å². The summed E-state index contributed by atoms with van der Waals surface area (Å²) in [6, 6.07) is 2.54. The van der Waals surface area contributed by atoms with Gasteiger partial charge in [0, 0.05) is 25.2 Å². The van der Waals surface area contributed by atoms with Crippen LogP contribution in [0, 0.1) is 0 Å². The Morgan fingerprint density at radius 1 is 1.15 bits per heavy atom. The van der Waals surface area contributed by atoms with Crippen LogP contribution in [0.3, 0.4) is 0 Å². The molecule has 0 amide bonds. The van der Waals surface area contributed by atoms with E-state index in [0.717, 1.165) is 31.1 Å². The second-order valence-corrected chi connectivity index (χ2v) is 5.54. The number of rotatable bonds is 7. The van der Waals surface area contributed by atoms with Gasteiger partial charge in [-0.25, -0.2) is 9.97 Å². The van der Waals surface area contributed by atoms with Gasteiger partial charge in [0.2, 0.25) is 0 Å². The van der Waals surface area contributed by atoms with E-state index < -0.39 is 0 Å². The first kappa shape index (κ1) is 15.0. The zero-order chi connectivity index (χ0) is 14.2. The molecule has 0 bridgehead atoms. The van der Waals surface area contributed by atoms with Gasteiger partial charge in [0.05, 0.1) is 0 Å². The number of hydrogen-bond donors (Lipinski definition) is 2. The quantitative estimate of drug-likeness (QED) is 0.802. The van der Waals surface area contributed by atoms with Crippen LogP contribution in [0.25, 0.3) is 0 Å². The Morgan fingerprint density at radius 2 is 1.85 bits per heavy atom. The Hall–Kier alpha value is -1.36. The first-order chi connectivity index (χ1) is 9.79. The molecule has 5 heteroatoms. The first-order valence-electron chi connectivity index (χ1n) is 7.83. The Balaban J connectivity index is 1.80. The minimum absolute atomic E-state index is 0.553. The van der Waals surface area contributed by atoms with Crippen molar-refractivity contribution in [2.75, 3.05) is 36.8 Å². The molecule has 1 aliphatic rings. The number of anilines is 2. The summed E-state index contributed by atoms with van der Waals surface area (Å²) in [5.74, 6) is 1.80. The normalized spacial score (nSPS) is 17.7.